The van der Waals surface area contributed by atoms with E-state index in [4.69, 9.17) is 13.9 Å². The van der Waals surface area contributed by atoms with Gasteiger partial charge in [-0.1, -0.05) is 20.8 Å². The third kappa shape index (κ3) is 4.51. The zero-order valence-electron chi connectivity index (χ0n) is 22.0. The number of aromatic nitrogens is 2. The third-order valence-corrected chi connectivity index (χ3v) is 12.9. The fraction of sp³-hybridized carbons (Fsp3) is 0.630. The molecule has 8 heteroatoms. The van der Waals surface area contributed by atoms with Gasteiger partial charge >= 0.3 is 0 Å². The van der Waals surface area contributed by atoms with Crippen molar-refractivity contribution in [2.45, 2.75) is 90.1 Å². The lowest BCUT2D eigenvalue weighted by Crippen LogP contribution is -2.48. The molecule has 0 amide bonds. The summed E-state index contributed by atoms with van der Waals surface area (Å²) in [6.07, 6.45) is 5.41. The summed E-state index contributed by atoms with van der Waals surface area (Å²) in [6.45, 7) is 15.6. The van der Waals surface area contributed by atoms with Crippen LogP contribution in [0.5, 0.6) is 17.2 Å². The van der Waals surface area contributed by atoms with Crippen molar-refractivity contribution in [2.75, 3.05) is 24.7 Å². The maximum Gasteiger partial charge on any atom is 0.194 e. The minimum absolute atomic E-state index is 0.235. The zero-order valence-corrected chi connectivity index (χ0v) is 23.0. The Morgan fingerprint density at radius 1 is 1.03 bits per heavy atom. The van der Waals surface area contributed by atoms with Crippen molar-refractivity contribution in [3.63, 3.8) is 0 Å². The molecule has 3 heterocycles. The predicted octanol–water partition coefficient (Wildman–Crippen LogP) is 5.62. The van der Waals surface area contributed by atoms with E-state index in [9.17, 15) is 5.11 Å². The summed E-state index contributed by atoms with van der Waals surface area (Å²) in [5, 5.41) is 20.4. The van der Waals surface area contributed by atoms with Crippen LogP contribution in [0, 0.1) is 6.92 Å². The topological polar surface area (TPSA) is 76.9 Å². The van der Waals surface area contributed by atoms with Crippen LogP contribution in [-0.4, -0.2) is 55.5 Å². The molecule has 1 aliphatic carbocycles. The standard InChI is InChI=1S/C27H39N3O4Si/c1-17-15-22-20(11-13-32-22)25(31)24(17)21-16-23-26(29-28-21)30(12-14-33-23)18-7-9-19(10-8-18)34-35(5,6)27(2,3)4/h15-16,18-19,31H,7-14H2,1-6H3. The van der Waals surface area contributed by atoms with Crippen LogP contribution in [0.25, 0.3) is 11.3 Å². The van der Waals surface area contributed by atoms with Gasteiger partial charge in [-0.25, -0.2) is 0 Å². The van der Waals surface area contributed by atoms with Crippen molar-refractivity contribution in [3.8, 4) is 28.5 Å². The first-order valence-corrected chi connectivity index (χ1v) is 15.9. The molecule has 190 valence electrons. The number of nitrogens with zero attached hydrogens (tertiary/aromatic N) is 3. The third-order valence-electron chi connectivity index (χ3n) is 8.38. The Balaban J connectivity index is 1.33. The highest BCUT2D eigenvalue weighted by Crippen LogP contribution is 2.45. The second-order valence-electron chi connectivity index (χ2n) is 11.8. The van der Waals surface area contributed by atoms with Gasteiger partial charge in [-0.05, 0) is 62.4 Å². The van der Waals surface area contributed by atoms with E-state index in [-0.39, 0.29) is 10.8 Å². The van der Waals surface area contributed by atoms with Gasteiger partial charge in [0.05, 0.1) is 13.2 Å². The minimum Gasteiger partial charge on any atom is -0.507 e. The highest BCUT2D eigenvalue weighted by atomic mass is 28.4. The van der Waals surface area contributed by atoms with Crippen molar-refractivity contribution in [1.29, 1.82) is 0 Å². The van der Waals surface area contributed by atoms with E-state index in [1.807, 2.05) is 19.1 Å². The lowest BCUT2D eigenvalue weighted by molar-refractivity contribution is 0.127. The van der Waals surface area contributed by atoms with Gasteiger partial charge < -0.3 is 23.9 Å². The van der Waals surface area contributed by atoms with E-state index in [1.165, 1.54) is 0 Å². The predicted molar refractivity (Wildman–Crippen MR) is 140 cm³/mol. The van der Waals surface area contributed by atoms with Gasteiger partial charge in [0.15, 0.2) is 19.9 Å². The number of phenols is 1. The van der Waals surface area contributed by atoms with E-state index in [2.05, 4.69) is 49.0 Å². The quantitative estimate of drug-likeness (QED) is 0.549. The maximum absolute atomic E-state index is 11.0. The first-order valence-electron chi connectivity index (χ1n) is 13.0. The number of hydrogen-bond donors (Lipinski definition) is 1. The normalized spacial score (nSPS) is 22.3. The molecule has 1 saturated carbocycles. The van der Waals surface area contributed by atoms with Gasteiger partial charge in [0.2, 0.25) is 0 Å². The first-order chi connectivity index (χ1) is 16.5. The van der Waals surface area contributed by atoms with Crippen molar-refractivity contribution in [2.24, 2.45) is 0 Å². The average Bonchev–Trinajstić information content (AvgIpc) is 3.27. The largest absolute Gasteiger partial charge is 0.507 e. The smallest absolute Gasteiger partial charge is 0.194 e. The van der Waals surface area contributed by atoms with Gasteiger partial charge in [0.1, 0.15) is 23.8 Å². The second kappa shape index (κ2) is 8.96. The fourth-order valence-corrected chi connectivity index (χ4v) is 6.77. The van der Waals surface area contributed by atoms with E-state index in [1.54, 1.807) is 0 Å². The van der Waals surface area contributed by atoms with Crippen LogP contribution in [0.2, 0.25) is 18.1 Å². The van der Waals surface area contributed by atoms with E-state index in [0.717, 1.165) is 60.7 Å². The SMILES string of the molecule is Cc1cc2c(c(O)c1-c1cc3c(nn1)N(C1CCC(O[Si](C)(C)C(C)(C)C)CC1)CCO3)CCO2. The zero-order chi connectivity index (χ0) is 25.0. The summed E-state index contributed by atoms with van der Waals surface area (Å²) in [4.78, 5) is 2.38. The summed E-state index contributed by atoms with van der Waals surface area (Å²) >= 11 is 0. The number of aromatic hydroxyl groups is 1. The van der Waals surface area contributed by atoms with Gasteiger partial charge in [-0.15, -0.1) is 10.2 Å². The fourth-order valence-electron chi connectivity index (χ4n) is 5.35. The summed E-state index contributed by atoms with van der Waals surface area (Å²) in [7, 11) is -1.75. The lowest BCUT2D eigenvalue weighted by Gasteiger charge is -2.43. The number of rotatable bonds is 4. The molecule has 1 aromatic carbocycles. The molecule has 0 atom stereocenters. The number of phenolic OH excluding ortho intramolecular Hbond substituents is 1. The molecule has 2 aliphatic heterocycles. The molecule has 0 radical (unpaired) electrons. The van der Waals surface area contributed by atoms with Gasteiger partial charge in [0, 0.05) is 35.8 Å². The number of fused-ring (bicyclic) bond motifs is 2. The Morgan fingerprint density at radius 3 is 2.46 bits per heavy atom. The van der Waals surface area contributed by atoms with Crippen LogP contribution >= 0.6 is 0 Å². The van der Waals surface area contributed by atoms with Crippen LogP contribution in [0.1, 0.15) is 57.6 Å². The number of benzene rings is 1. The van der Waals surface area contributed by atoms with Crippen molar-refractivity contribution in [1.82, 2.24) is 10.2 Å². The summed E-state index contributed by atoms with van der Waals surface area (Å²) in [6, 6.07) is 4.34. The molecular weight excluding hydrogens is 458 g/mol. The van der Waals surface area contributed by atoms with Crippen LogP contribution in [0.3, 0.4) is 0 Å². The van der Waals surface area contributed by atoms with Gasteiger partial charge in [0.25, 0.3) is 0 Å². The Labute approximate surface area is 209 Å². The molecule has 0 bridgehead atoms. The van der Waals surface area contributed by atoms with E-state index in [0.29, 0.717) is 43.0 Å². The van der Waals surface area contributed by atoms with Gasteiger partial charge in [-0.2, -0.15) is 0 Å². The van der Waals surface area contributed by atoms with Gasteiger partial charge in [-0.3, -0.25) is 0 Å². The van der Waals surface area contributed by atoms with Crippen LogP contribution in [-0.2, 0) is 10.8 Å². The molecular formula is C27H39N3O4Si. The highest BCUT2D eigenvalue weighted by molar-refractivity contribution is 6.74. The molecule has 1 fully saturated rings. The Bertz CT molecular complexity index is 1110. The lowest BCUT2D eigenvalue weighted by atomic mass is 9.91. The number of ether oxygens (including phenoxy) is 2. The molecule has 1 N–H and O–H groups in total. The molecule has 1 aromatic heterocycles. The number of anilines is 1. The van der Waals surface area contributed by atoms with Crippen LogP contribution in [0.4, 0.5) is 5.82 Å². The van der Waals surface area contributed by atoms with Crippen LogP contribution in [0.15, 0.2) is 12.1 Å². The monoisotopic (exact) mass is 497 g/mol. The van der Waals surface area contributed by atoms with E-state index < -0.39 is 8.32 Å². The Hall–Kier alpha value is -2.32. The van der Waals surface area contributed by atoms with Crippen molar-refractivity contribution in [3.05, 3.63) is 23.3 Å². The second-order valence-corrected chi connectivity index (χ2v) is 16.5. The number of aryl methyl sites for hydroxylation is 1. The highest BCUT2D eigenvalue weighted by Gasteiger charge is 2.40. The van der Waals surface area contributed by atoms with E-state index >= 15 is 0 Å². The summed E-state index contributed by atoms with van der Waals surface area (Å²) in [5.41, 5.74) is 3.13. The Morgan fingerprint density at radius 2 is 1.74 bits per heavy atom. The van der Waals surface area contributed by atoms with Crippen LogP contribution < -0.4 is 14.4 Å². The summed E-state index contributed by atoms with van der Waals surface area (Å²) in [5.74, 6) is 2.58. The van der Waals surface area contributed by atoms with Crippen molar-refractivity contribution >= 4 is 14.1 Å². The summed E-state index contributed by atoms with van der Waals surface area (Å²) < 4.78 is 18.4. The molecule has 0 spiro atoms. The Kier molecular flexibility index (Phi) is 6.24. The molecule has 5 rings (SSSR count). The molecule has 3 aliphatic rings. The molecule has 2 aromatic rings. The average molecular weight is 498 g/mol. The molecule has 0 saturated heterocycles. The molecule has 7 nitrogen and oxygen atoms in total. The maximum atomic E-state index is 11.0. The number of hydrogen-bond acceptors (Lipinski definition) is 7. The minimum atomic E-state index is -1.75. The molecule has 0 unspecified atom stereocenters. The first kappa shape index (κ1) is 24.4. The molecule has 35 heavy (non-hydrogen) atoms. The van der Waals surface area contributed by atoms with Crippen molar-refractivity contribution < 1.29 is 19.0 Å².